The molecule has 0 atom stereocenters. The topological polar surface area (TPSA) is 24.9 Å². The van der Waals surface area contributed by atoms with E-state index < -0.39 is 11.6 Å². The Labute approximate surface area is 115 Å². The molecule has 0 bridgehead atoms. The number of fused-ring (bicyclic) bond motifs is 1. The third kappa shape index (κ3) is 2.59. The highest BCUT2D eigenvalue weighted by Crippen LogP contribution is 2.18. The van der Waals surface area contributed by atoms with Gasteiger partial charge in [0.25, 0.3) is 0 Å². The maximum absolute atomic E-state index is 13.5. The molecule has 2 aromatic carbocycles. The lowest BCUT2D eigenvalue weighted by Gasteiger charge is -2.08. The Balaban J connectivity index is 1.81. The zero-order valence-corrected chi connectivity index (χ0v) is 10.6. The van der Waals surface area contributed by atoms with Gasteiger partial charge < -0.3 is 5.32 Å². The first-order chi connectivity index (χ1) is 9.72. The van der Waals surface area contributed by atoms with Crippen molar-refractivity contribution in [2.75, 3.05) is 5.32 Å². The fraction of sp³-hybridized carbons (Fsp3) is 0.0625. The molecule has 0 aliphatic rings. The summed E-state index contributed by atoms with van der Waals surface area (Å²) in [6, 6.07) is 11.2. The van der Waals surface area contributed by atoms with Gasteiger partial charge in [-0.25, -0.2) is 8.78 Å². The number of rotatable bonds is 3. The quantitative estimate of drug-likeness (QED) is 0.774. The van der Waals surface area contributed by atoms with Crippen molar-refractivity contribution in [1.29, 1.82) is 0 Å². The van der Waals surface area contributed by atoms with Crippen molar-refractivity contribution in [2.24, 2.45) is 0 Å². The van der Waals surface area contributed by atoms with Crippen molar-refractivity contribution >= 4 is 16.5 Å². The average molecular weight is 270 g/mol. The number of anilines is 1. The zero-order chi connectivity index (χ0) is 13.9. The molecule has 0 radical (unpaired) electrons. The Morgan fingerprint density at radius 3 is 2.75 bits per heavy atom. The van der Waals surface area contributed by atoms with E-state index in [-0.39, 0.29) is 5.69 Å². The van der Waals surface area contributed by atoms with E-state index in [9.17, 15) is 8.78 Å². The van der Waals surface area contributed by atoms with Gasteiger partial charge in [-0.05, 0) is 41.3 Å². The summed E-state index contributed by atoms with van der Waals surface area (Å²) in [7, 11) is 0. The summed E-state index contributed by atoms with van der Waals surface area (Å²) in [5.74, 6) is -0.921. The first-order valence-corrected chi connectivity index (χ1v) is 6.24. The molecule has 3 aromatic rings. The summed E-state index contributed by atoms with van der Waals surface area (Å²) >= 11 is 0. The van der Waals surface area contributed by atoms with Crippen LogP contribution in [0.3, 0.4) is 0 Å². The number of nitrogens with one attached hydrogen (secondary N) is 1. The first-order valence-electron chi connectivity index (χ1n) is 6.24. The van der Waals surface area contributed by atoms with Gasteiger partial charge >= 0.3 is 0 Å². The minimum atomic E-state index is -0.462. The minimum absolute atomic E-state index is 0.167. The van der Waals surface area contributed by atoms with Gasteiger partial charge in [0.2, 0.25) is 0 Å². The second-order valence-corrected chi connectivity index (χ2v) is 4.53. The van der Waals surface area contributed by atoms with E-state index in [1.807, 2.05) is 24.3 Å². The van der Waals surface area contributed by atoms with Crippen LogP contribution in [0, 0.1) is 11.6 Å². The minimum Gasteiger partial charge on any atom is -0.379 e. The van der Waals surface area contributed by atoms with Crippen molar-refractivity contribution < 1.29 is 8.78 Å². The predicted molar refractivity (Wildman–Crippen MR) is 75.4 cm³/mol. The van der Waals surface area contributed by atoms with Crippen LogP contribution >= 0.6 is 0 Å². The van der Waals surface area contributed by atoms with Crippen LogP contribution in [-0.4, -0.2) is 4.98 Å². The van der Waals surface area contributed by atoms with Crippen molar-refractivity contribution in [3.8, 4) is 0 Å². The maximum Gasteiger partial charge on any atom is 0.146 e. The van der Waals surface area contributed by atoms with Crippen LogP contribution in [0.4, 0.5) is 14.5 Å². The molecule has 0 unspecified atom stereocenters. The second kappa shape index (κ2) is 5.25. The molecule has 2 nitrogen and oxygen atoms in total. The van der Waals surface area contributed by atoms with Crippen LogP contribution in [0.2, 0.25) is 0 Å². The molecular formula is C16H12F2N2. The summed E-state index contributed by atoms with van der Waals surface area (Å²) in [5.41, 5.74) is 1.16. The monoisotopic (exact) mass is 270 g/mol. The molecule has 0 saturated carbocycles. The number of aromatic nitrogens is 1. The molecule has 0 aliphatic heterocycles. The van der Waals surface area contributed by atoms with E-state index in [1.54, 1.807) is 12.4 Å². The van der Waals surface area contributed by atoms with Gasteiger partial charge in [0, 0.05) is 24.3 Å². The summed E-state index contributed by atoms with van der Waals surface area (Å²) < 4.78 is 26.6. The van der Waals surface area contributed by atoms with E-state index in [0.29, 0.717) is 6.54 Å². The SMILES string of the molecule is Fc1ccc(F)c(NCc2ccc3cnccc3c2)c1. The molecule has 0 aliphatic carbocycles. The number of hydrogen-bond donors (Lipinski definition) is 1. The molecule has 3 rings (SSSR count). The van der Waals surface area contributed by atoms with Gasteiger partial charge in [-0.1, -0.05) is 12.1 Å². The first kappa shape index (κ1) is 12.5. The largest absolute Gasteiger partial charge is 0.379 e. The molecule has 1 heterocycles. The molecule has 100 valence electrons. The average Bonchev–Trinajstić information content (AvgIpc) is 2.48. The highest BCUT2D eigenvalue weighted by Gasteiger charge is 2.03. The fourth-order valence-corrected chi connectivity index (χ4v) is 2.07. The third-order valence-corrected chi connectivity index (χ3v) is 3.12. The molecule has 4 heteroatoms. The van der Waals surface area contributed by atoms with Gasteiger partial charge in [0.15, 0.2) is 0 Å². The molecule has 1 aromatic heterocycles. The third-order valence-electron chi connectivity index (χ3n) is 3.12. The lowest BCUT2D eigenvalue weighted by atomic mass is 10.1. The standard InChI is InChI=1S/C16H12F2N2/c17-14-3-4-15(18)16(8-14)20-9-11-1-2-13-10-19-6-5-12(13)7-11/h1-8,10,20H,9H2. The van der Waals surface area contributed by atoms with Gasteiger partial charge in [0.1, 0.15) is 11.6 Å². The van der Waals surface area contributed by atoms with Gasteiger partial charge in [-0.3, -0.25) is 4.98 Å². The van der Waals surface area contributed by atoms with Crippen LogP contribution in [0.1, 0.15) is 5.56 Å². The smallest absolute Gasteiger partial charge is 0.146 e. The molecule has 20 heavy (non-hydrogen) atoms. The van der Waals surface area contributed by atoms with E-state index >= 15 is 0 Å². The van der Waals surface area contributed by atoms with Gasteiger partial charge in [-0.2, -0.15) is 0 Å². The lowest BCUT2D eigenvalue weighted by molar-refractivity contribution is 0.602. The van der Waals surface area contributed by atoms with Crippen LogP contribution in [0.5, 0.6) is 0 Å². The van der Waals surface area contributed by atoms with Gasteiger partial charge in [0.05, 0.1) is 5.69 Å². The lowest BCUT2D eigenvalue weighted by Crippen LogP contribution is -2.01. The molecular weight excluding hydrogens is 258 g/mol. The summed E-state index contributed by atoms with van der Waals surface area (Å²) in [4.78, 5) is 4.05. The molecule has 0 spiro atoms. The molecule has 0 saturated heterocycles. The molecule has 1 N–H and O–H groups in total. The summed E-state index contributed by atoms with van der Waals surface area (Å²) in [6.45, 7) is 0.429. The summed E-state index contributed by atoms with van der Waals surface area (Å²) in [5, 5.41) is 5.02. The number of halogens is 2. The normalized spacial score (nSPS) is 10.7. The second-order valence-electron chi connectivity index (χ2n) is 4.53. The molecule has 0 fully saturated rings. The highest BCUT2D eigenvalue weighted by molar-refractivity contribution is 5.82. The van der Waals surface area contributed by atoms with Crippen molar-refractivity contribution in [2.45, 2.75) is 6.54 Å². The fourth-order valence-electron chi connectivity index (χ4n) is 2.07. The molecule has 0 amide bonds. The van der Waals surface area contributed by atoms with Crippen molar-refractivity contribution in [3.05, 3.63) is 72.1 Å². The van der Waals surface area contributed by atoms with Crippen LogP contribution in [0.25, 0.3) is 10.8 Å². The van der Waals surface area contributed by atoms with E-state index in [2.05, 4.69) is 10.3 Å². The van der Waals surface area contributed by atoms with E-state index in [4.69, 9.17) is 0 Å². The number of benzene rings is 2. The van der Waals surface area contributed by atoms with Crippen molar-refractivity contribution in [1.82, 2.24) is 4.98 Å². The Hall–Kier alpha value is -2.49. The summed E-state index contributed by atoms with van der Waals surface area (Å²) in [6.07, 6.45) is 3.52. The Morgan fingerprint density at radius 1 is 0.950 bits per heavy atom. The van der Waals surface area contributed by atoms with E-state index in [0.717, 1.165) is 34.5 Å². The number of nitrogens with zero attached hydrogens (tertiary/aromatic N) is 1. The zero-order valence-electron chi connectivity index (χ0n) is 10.6. The van der Waals surface area contributed by atoms with Crippen LogP contribution in [-0.2, 0) is 6.54 Å². The maximum atomic E-state index is 13.5. The number of hydrogen-bond acceptors (Lipinski definition) is 2. The Kier molecular flexibility index (Phi) is 3.29. The van der Waals surface area contributed by atoms with Crippen molar-refractivity contribution in [3.63, 3.8) is 0 Å². The van der Waals surface area contributed by atoms with Crippen LogP contribution < -0.4 is 5.32 Å². The van der Waals surface area contributed by atoms with E-state index in [1.165, 1.54) is 0 Å². The number of pyridine rings is 1. The predicted octanol–water partition coefficient (Wildman–Crippen LogP) is 4.13. The van der Waals surface area contributed by atoms with Gasteiger partial charge in [-0.15, -0.1) is 0 Å². The highest BCUT2D eigenvalue weighted by atomic mass is 19.1. The Bertz CT molecular complexity index is 756. The Morgan fingerprint density at radius 2 is 1.85 bits per heavy atom. The van der Waals surface area contributed by atoms with Crippen LogP contribution in [0.15, 0.2) is 54.9 Å².